The lowest BCUT2D eigenvalue weighted by atomic mass is 9.85. The van der Waals surface area contributed by atoms with Gasteiger partial charge in [-0.05, 0) is 60.1 Å². The molecule has 0 radical (unpaired) electrons. The molecule has 324 valence electrons. The molecule has 4 N–H and O–H groups in total. The summed E-state index contributed by atoms with van der Waals surface area (Å²) in [7, 11) is 0. The molecule has 6 amide bonds. The molecule has 2 aromatic heterocycles. The van der Waals surface area contributed by atoms with Gasteiger partial charge in [-0.3, -0.25) is 25.0 Å². The Morgan fingerprint density at radius 1 is 0.885 bits per heavy atom. The molecule has 0 saturated carbocycles. The number of nitrogens with one attached hydrogen (secondary N) is 3. The summed E-state index contributed by atoms with van der Waals surface area (Å²) in [6.45, 7) is 13.8. The molecule has 2 fully saturated rings. The van der Waals surface area contributed by atoms with Gasteiger partial charge in [0.15, 0.2) is 0 Å². The van der Waals surface area contributed by atoms with Crippen LogP contribution in [0.25, 0.3) is 11.3 Å². The summed E-state index contributed by atoms with van der Waals surface area (Å²) in [5.41, 5.74) is 7.62. The number of nitrogens with zero attached hydrogens (tertiary/aromatic N) is 6. The van der Waals surface area contributed by atoms with E-state index in [2.05, 4.69) is 26.0 Å². The van der Waals surface area contributed by atoms with Crippen LogP contribution in [-0.4, -0.2) is 116 Å². The minimum atomic E-state index is -1.18. The highest BCUT2D eigenvalue weighted by Crippen LogP contribution is 2.27. The highest BCUT2D eigenvalue weighted by Gasteiger charge is 2.43. The summed E-state index contributed by atoms with van der Waals surface area (Å²) in [6.07, 6.45) is 1.50. The molecule has 14 nitrogen and oxygen atoms in total. The number of aromatic nitrogens is 2. The van der Waals surface area contributed by atoms with Crippen molar-refractivity contribution in [2.75, 3.05) is 32.7 Å². The quantitative estimate of drug-likeness (QED) is 0.1000. The summed E-state index contributed by atoms with van der Waals surface area (Å²) >= 11 is 0. The van der Waals surface area contributed by atoms with Crippen LogP contribution in [0.1, 0.15) is 63.6 Å². The highest BCUT2D eigenvalue weighted by molar-refractivity contribution is 5.89. The minimum Gasteiger partial charge on any atom is -0.390 e. The fraction of sp³-hybridized carbons (Fsp3) is 0.447. The first-order chi connectivity index (χ1) is 29.2. The zero-order chi connectivity index (χ0) is 43.7. The number of carbonyl (C=O) groups excluding carboxylic acids is 4. The van der Waals surface area contributed by atoms with E-state index in [9.17, 15) is 24.3 Å². The van der Waals surface area contributed by atoms with Crippen LogP contribution in [0.2, 0.25) is 0 Å². The largest absolute Gasteiger partial charge is 0.390 e. The molecule has 14 heteroatoms. The van der Waals surface area contributed by atoms with E-state index in [0.717, 1.165) is 33.8 Å². The third-order valence-electron chi connectivity index (χ3n) is 11.5. The predicted octanol–water partition coefficient (Wildman–Crippen LogP) is 5.17. The van der Waals surface area contributed by atoms with Crippen molar-refractivity contribution in [3.05, 3.63) is 120 Å². The Balaban J connectivity index is 1.26. The molecular weight excluding hydrogens is 771 g/mol. The van der Waals surface area contributed by atoms with Crippen LogP contribution in [0.5, 0.6) is 0 Å². The number of aryl methyl sites for hydroxylation is 1. The predicted molar refractivity (Wildman–Crippen MR) is 234 cm³/mol. The molecule has 6 rings (SSSR count). The van der Waals surface area contributed by atoms with Crippen LogP contribution < -0.4 is 16.1 Å². The van der Waals surface area contributed by atoms with Crippen molar-refractivity contribution in [3.8, 4) is 11.3 Å². The van der Waals surface area contributed by atoms with E-state index in [0.29, 0.717) is 45.6 Å². The number of amides is 6. The lowest BCUT2D eigenvalue weighted by Gasteiger charge is -2.38. The average Bonchev–Trinajstić information content (AvgIpc) is 3.81. The third-order valence-corrected chi connectivity index (χ3v) is 11.5. The molecule has 0 bridgehead atoms. The minimum absolute atomic E-state index is 0.0670. The number of aliphatic hydroxyl groups excluding tert-OH is 1. The van der Waals surface area contributed by atoms with Gasteiger partial charge in [0, 0.05) is 56.7 Å². The van der Waals surface area contributed by atoms with Crippen molar-refractivity contribution in [1.82, 2.24) is 45.7 Å². The summed E-state index contributed by atoms with van der Waals surface area (Å²) < 4.78 is 0. The number of aliphatic hydroxyl groups is 1. The molecule has 0 unspecified atom stereocenters. The maximum absolute atomic E-state index is 14.6. The molecule has 2 aliphatic rings. The summed E-state index contributed by atoms with van der Waals surface area (Å²) in [5.74, 6) is -0.926. The van der Waals surface area contributed by atoms with E-state index in [4.69, 9.17) is 0 Å². The van der Waals surface area contributed by atoms with Gasteiger partial charge in [0.25, 0.3) is 5.91 Å². The van der Waals surface area contributed by atoms with Gasteiger partial charge in [-0.2, -0.15) is 0 Å². The maximum atomic E-state index is 14.6. The van der Waals surface area contributed by atoms with Gasteiger partial charge in [0.2, 0.25) is 5.91 Å². The number of hydrazine groups is 1. The molecule has 2 aliphatic heterocycles. The van der Waals surface area contributed by atoms with E-state index in [1.807, 2.05) is 133 Å². The maximum Gasteiger partial charge on any atom is 0.321 e. The van der Waals surface area contributed by atoms with E-state index >= 15 is 0 Å². The average molecular weight is 832 g/mol. The Morgan fingerprint density at radius 3 is 2.26 bits per heavy atom. The number of hydrogen-bond acceptors (Lipinski definition) is 8. The van der Waals surface area contributed by atoms with Gasteiger partial charge in [-0.25, -0.2) is 14.6 Å². The van der Waals surface area contributed by atoms with Crippen molar-refractivity contribution in [1.29, 1.82) is 0 Å². The Labute approximate surface area is 359 Å². The normalized spacial score (nSPS) is 16.9. The van der Waals surface area contributed by atoms with Gasteiger partial charge in [0.1, 0.15) is 12.1 Å². The summed E-state index contributed by atoms with van der Waals surface area (Å²) in [4.78, 5) is 69.7. The zero-order valence-corrected chi connectivity index (χ0v) is 36.3. The molecule has 2 saturated heterocycles. The Hall–Kier alpha value is -5.86. The number of benzene rings is 2. The second-order valence-corrected chi connectivity index (χ2v) is 17.3. The molecule has 0 aliphatic carbocycles. The van der Waals surface area contributed by atoms with E-state index in [1.54, 1.807) is 25.9 Å². The van der Waals surface area contributed by atoms with Crippen LogP contribution in [0, 0.1) is 18.3 Å². The second kappa shape index (κ2) is 20.1. The van der Waals surface area contributed by atoms with Gasteiger partial charge in [-0.15, -0.1) is 0 Å². The summed E-state index contributed by atoms with van der Waals surface area (Å²) in [5, 5.41) is 19.9. The molecular formula is C47H61N9O5. The van der Waals surface area contributed by atoms with Crippen molar-refractivity contribution in [2.24, 2.45) is 11.3 Å². The number of rotatable bonds is 18. The Bertz CT molecular complexity index is 2100. The van der Waals surface area contributed by atoms with Crippen LogP contribution in [0.4, 0.5) is 9.59 Å². The van der Waals surface area contributed by atoms with Crippen LogP contribution >= 0.6 is 0 Å². The zero-order valence-electron chi connectivity index (χ0n) is 36.3. The van der Waals surface area contributed by atoms with Crippen LogP contribution in [0.15, 0.2) is 97.2 Å². The first-order valence-corrected chi connectivity index (χ1v) is 21.3. The molecule has 2 aromatic carbocycles. The fourth-order valence-electron chi connectivity index (χ4n) is 8.23. The lowest BCUT2D eigenvalue weighted by molar-refractivity contribution is -0.135. The van der Waals surface area contributed by atoms with E-state index in [-0.39, 0.29) is 42.9 Å². The van der Waals surface area contributed by atoms with Crippen LogP contribution in [-0.2, 0) is 29.1 Å². The number of pyridine rings is 2. The Morgan fingerprint density at radius 2 is 1.62 bits per heavy atom. The highest BCUT2D eigenvalue weighted by atomic mass is 16.3. The van der Waals surface area contributed by atoms with Crippen molar-refractivity contribution < 1.29 is 24.3 Å². The van der Waals surface area contributed by atoms with E-state index in [1.165, 1.54) is 0 Å². The number of urea groups is 2. The first kappa shape index (κ1) is 44.7. The van der Waals surface area contributed by atoms with Gasteiger partial charge < -0.3 is 30.4 Å². The lowest BCUT2D eigenvalue weighted by Crippen LogP contribution is -2.60. The van der Waals surface area contributed by atoms with Gasteiger partial charge in [-0.1, -0.05) is 108 Å². The molecule has 4 aromatic rings. The first-order valence-electron chi connectivity index (χ1n) is 21.3. The number of hydrogen-bond donors (Lipinski definition) is 4. The fourth-order valence-corrected chi connectivity index (χ4v) is 8.23. The molecule has 5 atom stereocenters. The molecule has 61 heavy (non-hydrogen) atoms. The van der Waals surface area contributed by atoms with E-state index < -0.39 is 29.6 Å². The van der Waals surface area contributed by atoms with Crippen molar-refractivity contribution >= 4 is 23.9 Å². The Kier molecular flexibility index (Phi) is 14.7. The summed E-state index contributed by atoms with van der Waals surface area (Å²) in [6, 6.07) is 26.0. The van der Waals surface area contributed by atoms with Gasteiger partial charge in [0.05, 0.1) is 30.1 Å². The topological polar surface area (TPSA) is 163 Å². The van der Waals surface area contributed by atoms with Crippen molar-refractivity contribution in [3.63, 3.8) is 0 Å². The van der Waals surface area contributed by atoms with Gasteiger partial charge >= 0.3 is 12.1 Å². The number of carbonyl (C=O) groups is 4. The monoisotopic (exact) mass is 831 g/mol. The van der Waals surface area contributed by atoms with Crippen molar-refractivity contribution in [2.45, 2.75) is 91.7 Å². The SMILES string of the molecule is CC[C@H](C)[C@@H](C(=O)N[C@@H](Cc1ccccc1)[C@@H](O)CN(Cc1ccc(-c2ccccn2)cc1)NC(=O)[C@@H](N1CCNC1=O)C(C)(C)C)N1CCN(Cc2cccc(C)n2)C1=O. The molecule has 0 spiro atoms. The second-order valence-electron chi connectivity index (χ2n) is 17.3. The molecule has 4 heterocycles. The smallest absolute Gasteiger partial charge is 0.321 e. The third kappa shape index (κ3) is 11.5. The van der Waals surface area contributed by atoms with Crippen LogP contribution in [0.3, 0.4) is 0 Å². The standard InChI is InChI=1S/C47H61N9O5/c1-7-32(2)41(55-27-26-53(46(55)61)30-37-17-13-14-33(3)50-37)43(58)51-39(28-34-15-9-8-10-16-34)40(57)31-54(29-35-19-21-36(22-20-35)38-18-11-12-23-48-38)52-44(59)42(47(4,5)6)56-25-24-49-45(56)60/h8-23,32,39-42,57H,7,24-31H2,1-6H3,(H,49,60)(H,51,58)(H,52,59)/t32-,39-,40-,41-,42+/m0/s1.